The molecule has 0 aliphatic heterocycles. The lowest BCUT2D eigenvalue weighted by atomic mass is 9.98. The van der Waals surface area contributed by atoms with Gasteiger partial charge in [0.05, 0.1) is 6.04 Å². The standard InChI is InChI=1S/C22H25N3/c1-2-21(24-22(25-23)18-12-7-4-8-13-18)20-15-9-14-19(16-20)17-10-5-3-6-11-17/h3,5-7,9-16,21H,2,4,8,23H2,1H3,(H,24,25). The van der Waals surface area contributed by atoms with Crippen molar-refractivity contribution in [3.8, 4) is 11.1 Å². The number of amidine groups is 1. The van der Waals surface area contributed by atoms with Crippen molar-refractivity contribution >= 4 is 5.84 Å². The van der Waals surface area contributed by atoms with E-state index in [2.05, 4.69) is 79.1 Å². The molecule has 1 atom stereocenters. The molecule has 0 saturated heterocycles. The number of nitrogens with one attached hydrogen (secondary N) is 1. The third-order valence-electron chi connectivity index (χ3n) is 4.46. The van der Waals surface area contributed by atoms with Crippen LogP contribution in [0.3, 0.4) is 0 Å². The van der Waals surface area contributed by atoms with Crippen molar-refractivity contribution in [2.75, 3.05) is 0 Å². The minimum absolute atomic E-state index is 0.0749. The zero-order valence-corrected chi connectivity index (χ0v) is 14.7. The molecule has 3 heteroatoms. The van der Waals surface area contributed by atoms with Crippen LogP contribution in [-0.4, -0.2) is 5.84 Å². The summed E-state index contributed by atoms with van der Waals surface area (Å²) < 4.78 is 0. The molecule has 0 heterocycles. The fourth-order valence-electron chi connectivity index (χ4n) is 3.10. The summed E-state index contributed by atoms with van der Waals surface area (Å²) in [5.41, 5.74) is 7.50. The number of aliphatic imine (C=N–C) groups is 1. The predicted molar refractivity (Wildman–Crippen MR) is 106 cm³/mol. The second-order valence-corrected chi connectivity index (χ2v) is 6.18. The molecular formula is C22H25N3. The fraction of sp³-hybridized carbons (Fsp3) is 0.227. The van der Waals surface area contributed by atoms with Gasteiger partial charge in [-0.1, -0.05) is 73.7 Å². The van der Waals surface area contributed by atoms with Crippen molar-refractivity contribution < 1.29 is 0 Å². The molecule has 1 aliphatic carbocycles. The Morgan fingerprint density at radius 1 is 1.08 bits per heavy atom. The quantitative estimate of drug-likeness (QED) is 0.353. The van der Waals surface area contributed by atoms with E-state index in [0.717, 1.165) is 30.7 Å². The maximum Gasteiger partial charge on any atom is 0.142 e. The maximum absolute atomic E-state index is 5.75. The van der Waals surface area contributed by atoms with Crippen molar-refractivity contribution in [1.82, 2.24) is 5.43 Å². The van der Waals surface area contributed by atoms with E-state index in [9.17, 15) is 0 Å². The van der Waals surface area contributed by atoms with Gasteiger partial charge in [0.15, 0.2) is 0 Å². The molecule has 1 unspecified atom stereocenters. The average molecular weight is 331 g/mol. The molecule has 0 bridgehead atoms. The minimum Gasteiger partial charge on any atom is -0.308 e. The third kappa shape index (κ3) is 4.25. The van der Waals surface area contributed by atoms with E-state index < -0.39 is 0 Å². The van der Waals surface area contributed by atoms with Gasteiger partial charge < -0.3 is 5.43 Å². The Bertz CT molecular complexity index is 788. The van der Waals surface area contributed by atoms with E-state index in [4.69, 9.17) is 10.8 Å². The molecule has 3 rings (SSSR count). The van der Waals surface area contributed by atoms with Gasteiger partial charge >= 0.3 is 0 Å². The Hall–Kier alpha value is -2.65. The van der Waals surface area contributed by atoms with Crippen LogP contribution in [0.4, 0.5) is 0 Å². The highest BCUT2D eigenvalue weighted by atomic mass is 15.3. The summed E-state index contributed by atoms with van der Waals surface area (Å²) in [5.74, 6) is 6.51. The van der Waals surface area contributed by atoms with Gasteiger partial charge in [0.2, 0.25) is 0 Å². The van der Waals surface area contributed by atoms with Gasteiger partial charge in [-0.15, -0.1) is 0 Å². The SMILES string of the molecule is CCC(N=C(NN)C1=CCCC=C1)c1cccc(-c2ccccc2)c1. The Labute approximate surface area is 150 Å². The monoisotopic (exact) mass is 331 g/mol. The van der Waals surface area contributed by atoms with Crippen LogP contribution < -0.4 is 11.3 Å². The number of rotatable bonds is 5. The van der Waals surface area contributed by atoms with Gasteiger partial charge in [0, 0.05) is 5.57 Å². The van der Waals surface area contributed by atoms with Gasteiger partial charge in [-0.05, 0) is 42.0 Å². The third-order valence-corrected chi connectivity index (χ3v) is 4.46. The van der Waals surface area contributed by atoms with Gasteiger partial charge in [-0.25, -0.2) is 5.84 Å². The molecule has 2 aromatic rings. The number of hydrogen-bond donors (Lipinski definition) is 2. The van der Waals surface area contributed by atoms with E-state index in [1.54, 1.807) is 0 Å². The van der Waals surface area contributed by atoms with Crippen LogP contribution in [0.2, 0.25) is 0 Å². The molecule has 25 heavy (non-hydrogen) atoms. The lowest BCUT2D eigenvalue weighted by molar-refractivity contribution is 0.695. The van der Waals surface area contributed by atoms with Crippen molar-refractivity contribution in [3.05, 3.63) is 84.0 Å². The van der Waals surface area contributed by atoms with E-state index in [1.165, 1.54) is 16.7 Å². The molecule has 3 nitrogen and oxygen atoms in total. The second-order valence-electron chi connectivity index (χ2n) is 6.18. The first kappa shape index (κ1) is 17.2. The van der Waals surface area contributed by atoms with Crippen LogP contribution in [-0.2, 0) is 0 Å². The normalized spacial score (nSPS) is 15.6. The summed E-state index contributed by atoms with van der Waals surface area (Å²) in [6, 6.07) is 19.1. The second kappa shape index (κ2) is 8.45. The van der Waals surface area contributed by atoms with Crippen LogP contribution in [0.15, 0.2) is 83.4 Å². The number of hydrazine groups is 1. The Morgan fingerprint density at radius 3 is 2.56 bits per heavy atom. The largest absolute Gasteiger partial charge is 0.308 e. The number of allylic oxidation sites excluding steroid dienone is 2. The molecule has 0 aromatic heterocycles. The average Bonchev–Trinajstić information content (AvgIpc) is 2.70. The molecule has 2 aromatic carbocycles. The number of nitrogens with zero attached hydrogens (tertiary/aromatic N) is 1. The molecular weight excluding hydrogens is 306 g/mol. The number of benzene rings is 2. The topological polar surface area (TPSA) is 50.4 Å². The summed E-state index contributed by atoms with van der Waals surface area (Å²) in [6.45, 7) is 2.16. The van der Waals surface area contributed by atoms with Gasteiger partial charge in [-0.2, -0.15) is 0 Å². The highest BCUT2D eigenvalue weighted by Crippen LogP contribution is 2.27. The fourth-order valence-corrected chi connectivity index (χ4v) is 3.10. The minimum atomic E-state index is 0.0749. The molecule has 0 saturated carbocycles. The Kier molecular flexibility index (Phi) is 5.81. The van der Waals surface area contributed by atoms with Crippen LogP contribution in [0, 0.1) is 0 Å². The smallest absolute Gasteiger partial charge is 0.142 e. The molecule has 0 amide bonds. The molecule has 1 aliphatic rings. The van der Waals surface area contributed by atoms with Crippen molar-refractivity contribution in [2.24, 2.45) is 10.8 Å². The number of nitrogens with two attached hydrogens (primary N) is 1. The van der Waals surface area contributed by atoms with Crippen molar-refractivity contribution in [1.29, 1.82) is 0 Å². The molecule has 0 radical (unpaired) electrons. The predicted octanol–water partition coefficient (Wildman–Crippen LogP) is 4.94. The van der Waals surface area contributed by atoms with Gasteiger partial charge in [0.1, 0.15) is 5.84 Å². The lowest BCUT2D eigenvalue weighted by Gasteiger charge is -2.16. The van der Waals surface area contributed by atoms with E-state index >= 15 is 0 Å². The zero-order chi connectivity index (χ0) is 17.5. The van der Waals surface area contributed by atoms with Crippen molar-refractivity contribution in [2.45, 2.75) is 32.2 Å². The lowest BCUT2D eigenvalue weighted by Crippen LogP contribution is -2.32. The van der Waals surface area contributed by atoms with Crippen LogP contribution in [0.5, 0.6) is 0 Å². The molecule has 128 valence electrons. The Balaban J connectivity index is 1.91. The van der Waals surface area contributed by atoms with E-state index in [0.29, 0.717) is 0 Å². The summed E-state index contributed by atoms with van der Waals surface area (Å²) >= 11 is 0. The first-order valence-corrected chi connectivity index (χ1v) is 8.88. The van der Waals surface area contributed by atoms with E-state index in [-0.39, 0.29) is 6.04 Å². The Morgan fingerprint density at radius 2 is 1.88 bits per heavy atom. The van der Waals surface area contributed by atoms with E-state index in [1.807, 2.05) is 6.07 Å². The van der Waals surface area contributed by atoms with Crippen LogP contribution in [0.25, 0.3) is 11.1 Å². The van der Waals surface area contributed by atoms with Crippen LogP contribution in [0.1, 0.15) is 37.8 Å². The van der Waals surface area contributed by atoms with Gasteiger partial charge in [-0.3, -0.25) is 4.99 Å². The summed E-state index contributed by atoms with van der Waals surface area (Å²) in [4.78, 5) is 4.90. The van der Waals surface area contributed by atoms with Gasteiger partial charge in [0.25, 0.3) is 0 Å². The summed E-state index contributed by atoms with van der Waals surface area (Å²) in [6.07, 6.45) is 9.48. The highest BCUT2D eigenvalue weighted by Gasteiger charge is 2.12. The van der Waals surface area contributed by atoms with Crippen LogP contribution >= 0.6 is 0 Å². The first-order chi connectivity index (χ1) is 12.3. The summed E-state index contributed by atoms with van der Waals surface area (Å²) in [5, 5.41) is 0. The van der Waals surface area contributed by atoms with Crippen molar-refractivity contribution in [3.63, 3.8) is 0 Å². The molecule has 0 fully saturated rings. The molecule has 3 N–H and O–H groups in total. The summed E-state index contributed by atoms with van der Waals surface area (Å²) in [7, 11) is 0. The number of hydrogen-bond acceptors (Lipinski definition) is 2. The highest BCUT2D eigenvalue weighted by molar-refractivity contribution is 6.00. The maximum atomic E-state index is 5.75. The molecule has 0 spiro atoms. The zero-order valence-electron chi connectivity index (χ0n) is 14.7. The first-order valence-electron chi connectivity index (χ1n) is 8.88.